The van der Waals surface area contributed by atoms with Gasteiger partial charge in [-0.2, -0.15) is 16.7 Å². The number of aromatic nitrogens is 4. The van der Waals surface area contributed by atoms with Crippen molar-refractivity contribution in [2.45, 2.75) is 68.2 Å². The van der Waals surface area contributed by atoms with E-state index in [1.165, 1.54) is 16.5 Å². The molecule has 0 radical (unpaired) electrons. The van der Waals surface area contributed by atoms with Crippen molar-refractivity contribution in [1.29, 1.82) is 0 Å². The first-order valence-electron chi connectivity index (χ1n) is 17.2. The van der Waals surface area contributed by atoms with Gasteiger partial charge in [0, 0.05) is 34.5 Å². The molecule has 0 saturated heterocycles. The van der Waals surface area contributed by atoms with E-state index in [1.54, 1.807) is 0 Å². The summed E-state index contributed by atoms with van der Waals surface area (Å²) in [6.45, 7) is 17.6. The standard InChI is InChI=1S/C44H44N4O.Pt/c1-28(2)20-33-22-35(48-31(5)43(30(4)46-48)34-12-10-9-11-13-34)25-37(23-33)49-36-15-16-38-39-24-32(27-44(6,7)8)14-17-40(39)47(41(38)26-36)42-21-29(3)18-19-45-42;/h9-19,21-24,28H,20,27H2,1-8H3;/q-2;+2. The van der Waals surface area contributed by atoms with Gasteiger partial charge in [-0.3, -0.25) is 4.68 Å². The predicted molar refractivity (Wildman–Crippen MR) is 201 cm³/mol. The van der Waals surface area contributed by atoms with Crippen molar-refractivity contribution in [3.63, 3.8) is 0 Å². The molecule has 50 heavy (non-hydrogen) atoms. The predicted octanol–water partition coefficient (Wildman–Crippen LogP) is 11.1. The number of ether oxygens (including phenoxy) is 1. The van der Waals surface area contributed by atoms with Crippen molar-refractivity contribution in [3.8, 4) is 34.1 Å². The van der Waals surface area contributed by atoms with E-state index in [0.29, 0.717) is 17.4 Å². The van der Waals surface area contributed by atoms with Gasteiger partial charge >= 0.3 is 21.1 Å². The minimum absolute atomic E-state index is 0. The van der Waals surface area contributed by atoms with Gasteiger partial charge < -0.3 is 9.30 Å². The van der Waals surface area contributed by atoms with E-state index in [1.807, 2.05) is 29.1 Å². The molecule has 3 aromatic heterocycles. The molecule has 0 fully saturated rings. The van der Waals surface area contributed by atoms with Crippen LogP contribution in [0.3, 0.4) is 0 Å². The Balaban J connectivity index is 0.00000432. The van der Waals surface area contributed by atoms with Crippen LogP contribution in [0.25, 0.3) is 44.4 Å². The summed E-state index contributed by atoms with van der Waals surface area (Å²) in [5.41, 5.74) is 11.1. The van der Waals surface area contributed by atoms with Crippen molar-refractivity contribution >= 4 is 21.8 Å². The van der Waals surface area contributed by atoms with Crippen LogP contribution in [0.15, 0.2) is 91.1 Å². The third-order valence-electron chi connectivity index (χ3n) is 8.91. The van der Waals surface area contributed by atoms with Crippen molar-refractivity contribution in [3.05, 3.63) is 131 Å². The van der Waals surface area contributed by atoms with Crippen LogP contribution >= 0.6 is 0 Å². The average Bonchev–Trinajstić information content (AvgIpc) is 3.52. The smallest absolute Gasteiger partial charge is 0.509 e. The number of fused-ring (bicyclic) bond motifs is 3. The second-order valence-electron chi connectivity index (χ2n) is 15.0. The summed E-state index contributed by atoms with van der Waals surface area (Å²) in [5, 5.41) is 7.29. The van der Waals surface area contributed by atoms with Crippen LogP contribution in [0, 0.1) is 44.2 Å². The van der Waals surface area contributed by atoms with Gasteiger partial charge in [-0.05, 0) is 90.9 Å². The molecule has 0 aliphatic rings. The molecule has 0 aliphatic heterocycles. The molecule has 0 spiro atoms. The molecule has 3 heterocycles. The summed E-state index contributed by atoms with van der Waals surface area (Å²) in [6, 6.07) is 37.1. The van der Waals surface area contributed by atoms with E-state index in [4.69, 9.17) is 14.8 Å². The Morgan fingerprint density at radius 2 is 1.58 bits per heavy atom. The molecule has 0 atom stereocenters. The molecule has 7 aromatic rings. The molecule has 256 valence electrons. The quantitative estimate of drug-likeness (QED) is 0.143. The van der Waals surface area contributed by atoms with E-state index in [2.05, 4.69) is 139 Å². The van der Waals surface area contributed by atoms with Gasteiger partial charge in [0.05, 0.1) is 5.69 Å². The molecule has 0 bridgehead atoms. The molecule has 5 nitrogen and oxygen atoms in total. The zero-order chi connectivity index (χ0) is 34.4. The summed E-state index contributed by atoms with van der Waals surface area (Å²) < 4.78 is 10.8. The second kappa shape index (κ2) is 14.0. The Kier molecular flexibility index (Phi) is 9.93. The third kappa shape index (κ3) is 7.21. The van der Waals surface area contributed by atoms with Crippen LogP contribution < -0.4 is 4.74 Å². The van der Waals surface area contributed by atoms with Crippen molar-refractivity contribution in [2.24, 2.45) is 11.3 Å². The van der Waals surface area contributed by atoms with Crippen LogP contribution in [-0.2, 0) is 33.9 Å². The third-order valence-corrected chi connectivity index (χ3v) is 8.91. The molecule has 0 N–H and O–H groups in total. The minimum atomic E-state index is 0. The van der Waals surface area contributed by atoms with Gasteiger partial charge in [0.25, 0.3) is 0 Å². The SMILES string of the molecule is Cc1ccnc(-n2c3[c-]c(Oc4[c-]c(-n5nc(C)c(-c6ccccc6)c5C)cc(CC(C)C)c4)ccc3c3cc(CC(C)(C)C)ccc32)c1.[Pt+2]. The fourth-order valence-electron chi connectivity index (χ4n) is 6.99. The van der Waals surface area contributed by atoms with Gasteiger partial charge in [0.1, 0.15) is 5.82 Å². The molecule has 0 aliphatic carbocycles. The van der Waals surface area contributed by atoms with Crippen LogP contribution in [0.4, 0.5) is 0 Å². The van der Waals surface area contributed by atoms with Crippen LogP contribution in [0.1, 0.15) is 62.7 Å². The topological polar surface area (TPSA) is 44.9 Å². The maximum atomic E-state index is 6.65. The number of hydrogen-bond donors (Lipinski definition) is 0. The first-order valence-corrected chi connectivity index (χ1v) is 17.2. The molecule has 4 aromatic carbocycles. The average molecular weight is 840 g/mol. The van der Waals surface area contributed by atoms with E-state index >= 15 is 0 Å². The normalized spacial score (nSPS) is 11.8. The molecule has 0 unspecified atom stereocenters. The summed E-state index contributed by atoms with van der Waals surface area (Å²) in [4.78, 5) is 4.79. The van der Waals surface area contributed by atoms with E-state index in [9.17, 15) is 0 Å². The number of benzene rings is 4. The first kappa shape index (κ1) is 35.4. The number of aryl methyl sites for hydroxylation is 2. The zero-order valence-electron chi connectivity index (χ0n) is 30.2. The van der Waals surface area contributed by atoms with Crippen LogP contribution in [0.5, 0.6) is 11.5 Å². The van der Waals surface area contributed by atoms with Gasteiger partial charge in [-0.1, -0.05) is 82.6 Å². The zero-order valence-corrected chi connectivity index (χ0v) is 32.4. The fraction of sp³-hybridized carbons (Fsp3) is 0.273. The monoisotopic (exact) mass is 839 g/mol. The van der Waals surface area contributed by atoms with Crippen molar-refractivity contribution in [2.75, 3.05) is 0 Å². The largest absolute Gasteiger partial charge is 2.00 e. The maximum absolute atomic E-state index is 6.65. The number of pyridine rings is 1. The Morgan fingerprint density at radius 3 is 2.30 bits per heavy atom. The minimum Gasteiger partial charge on any atom is -0.509 e. The number of hydrogen-bond acceptors (Lipinski definition) is 3. The first-order chi connectivity index (χ1) is 23.4. The second-order valence-corrected chi connectivity index (χ2v) is 15.0. The number of rotatable bonds is 8. The Bertz CT molecular complexity index is 2310. The van der Waals surface area contributed by atoms with E-state index in [0.717, 1.165) is 68.8 Å². The Morgan fingerprint density at radius 1 is 0.800 bits per heavy atom. The molecule has 0 amide bonds. The van der Waals surface area contributed by atoms with Crippen molar-refractivity contribution in [1.82, 2.24) is 19.3 Å². The van der Waals surface area contributed by atoms with Gasteiger partial charge in [0.2, 0.25) is 0 Å². The van der Waals surface area contributed by atoms with E-state index < -0.39 is 0 Å². The number of nitrogens with zero attached hydrogens (tertiary/aromatic N) is 4. The summed E-state index contributed by atoms with van der Waals surface area (Å²) in [6.07, 6.45) is 3.78. The van der Waals surface area contributed by atoms with Gasteiger partial charge in [-0.25, -0.2) is 4.98 Å². The van der Waals surface area contributed by atoms with E-state index in [-0.39, 0.29) is 26.5 Å². The molecular formula is C44H44N4OPt. The van der Waals surface area contributed by atoms with Crippen LogP contribution in [-0.4, -0.2) is 19.3 Å². The summed E-state index contributed by atoms with van der Waals surface area (Å²) in [7, 11) is 0. The molecule has 6 heteroatoms. The van der Waals surface area contributed by atoms with Crippen molar-refractivity contribution < 1.29 is 25.8 Å². The molecule has 0 saturated carbocycles. The molecular weight excluding hydrogens is 796 g/mol. The fourth-order valence-corrected chi connectivity index (χ4v) is 6.99. The van der Waals surface area contributed by atoms with Gasteiger partial charge in [0.15, 0.2) is 0 Å². The Labute approximate surface area is 310 Å². The molecule has 7 rings (SSSR count). The summed E-state index contributed by atoms with van der Waals surface area (Å²) in [5.74, 6) is 2.61. The Hall–Kier alpha value is -4.47. The van der Waals surface area contributed by atoms with Crippen LogP contribution in [0.2, 0.25) is 0 Å². The summed E-state index contributed by atoms with van der Waals surface area (Å²) >= 11 is 0. The van der Waals surface area contributed by atoms with Gasteiger partial charge in [-0.15, -0.1) is 35.7 Å². The maximum Gasteiger partial charge on any atom is 2.00 e.